The van der Waals surface area contributed by atoms with Crippen molar-refractivity contribution in [2.75, 3.05) is 11.9 Å². The Bertz CT molecular complexity index is 389. The summed E-state index contributed by atoms with van der Waals surface area (Å²) in [4.78, 5) is 8.96. The van der Waals surface area contributed by atoms with Gasteiger partial charge in [-0.05, 0) is 32.1 Å². The van der Waals surface area contributed by atoms with Gasteiger partial charge in [-0.1, -0.05) is 20.3 Å². The lowest BCUT2D eigenvalue weighted by molar-refractivity contribution is 0.148. The van der Waals surface area contributed by atoms with Crippen LogP contribution in [-0.4, -0.2) is 22.6 Å². The Balaban J connectivity index is 2.04. The highest BCUT2D eigenvalue weighted by Gasteiger charge is 2.16. The molecule has 0 aliphatic heterocycles. The van der Waals surface area contributed by atoms with Gasteiger partial charge in [0.15, 0.2) is 0 Å². The highest BCUT2D eigenvalue weighted by atomic mass is 16.5. The van der Waals surface area contributed by atoms with Crippen LogP contribution in [0, 0.1) is 0 Å². The molecule has 1 aliphatic rings. The minimum Gasteiger partial charge on any atom is -0.474 e. The van der Waals surface area contributed by atoms with E-state index in [1.165, 1.54) is 19.3 Å². The molecule has 0 amide bonds. The van der Waals surface area contributed by atoms with Crippen molar-refractivity contribution in [2.24, 2.45) is 0 Å². The van der Waals surface area contributed by atoms with Gasteiger partial charge in [0.1, 0.15) is 17.7 Å². The van der Waals surface area contributed by atoms with Crippen molar-refractivity contribution >= 4 is 5.82 Å². The van der Waals surface area contributed by atoms with Gasteiger partial charge in [-0.15, -0.1) is 0 Å². The van der Waals surface area contributed by atoms with Crippen molar-refractivity contribution < 1.29 is 4.74 Å². The Labute approximate surface area is 116 Å². The first-order chi connectivity index (χ1) is 9.31. The molecule has 1 aliphatic carbocycles. The molecule has 1 fully saturated rings. The molecule has 2 rings (SSSR count). The van der Waals surface area contributed by atoms with E-state index in [0.29, 0.717) is 6.10 Å². The SMILES string of the molecule is CCCNc1cc(OC2CCCCC2)nc(CC)n1. The average molecular weight is 263 g/mol. The molecule has 106 valence electrons. The zero-order valence-electron chi connectivity index (χ0n) is 12.1. The lowest BCUT2D eigenvalue weighted by atomic mass is 9.98. The second-order valence-corrected chi connectivity index (χ2v) is 5.17. The molecular weight excluding hydrogens is 238 g/mol. The third-order valence-corrected chi connectivity index (χ3v) is 3.46. The summed E-state index contributed by atoms with van der Waals surface area (Å²) in [5, 5.41) is 3.32. The number of hydrogen-bond donors (Lipinski definition) is 1. The maximum absolute atomic E-state index is 6.03. The van der Waals surface area contributed by atoms with Crippen molar-refractivity contribution in [1.29, 1.82) is 0 Å². The predicted molar refractivity (Wildman–Crippen MR) is 77.7 cm³/mol. The van der Waals surface area contributed by atoms with Gasteiger partial charge >= 0.3 is 0 Å². The van der Waals surface area contributed by atoms with E-state index < -0.39 is 0 Å². The Morgan fingerprint density at radius 2 is 2.00 bits per heavy atom. The quantitative estimate of drug-likeness (QED) is 0.852. The fourth-order valence-corrected chi connectivity index (χ4v) is 2.39. The monoisotopic (exact) mass is 263 g/mol. The van der Waals surface area contributed by atoms with Gasteiger partial charge in [-0.2, -0.15) is 4.98 Å². The van der Waals surface area contributed by atoms with E-state index in [4.69, 9.17) is 4.74 Å². The van der Waals surface area contributed by atoms with Crippen molar-refractivity contribution in [3.8, 4) is 5.88 Å². The first kappa shape index (κ1) is 14.1. The number of hydrogen-bond acceptors (Lipinski definition) is 4. The highest BCUT2D eigenvalue weighted by Crippen LogP contribution is 2.23. The molecule has 0 radical (unpaired) electrons. The van der Waals surface area contributed by atoms with Crippen LogP contribution in [0.1, 0.15) is 58.2 Å². The third kappa shape index (κ3) is 4.37. The number of anilines is 1. The normalized spacial score (nSPS) is 16.3. The summed E-state index contributed by atoms with van der Waals surface area (Å²) < 4.78 is 6.03. The molecular formula is C15H25N3O. The van der Waals surface area contributed by atoms with Crippen LogP contribution in [0.15, 0.2) is 6.07 Å². The summed E-state index contributed by atoms with van der Waals surface area (Å²) in [5.41, 5.74) is 0. The number of ether oxygens (including phenoxy) is 1. The number of rotatable bonds is 6. The molecule has 1 heterocycles. The topological polar surface area (TPSA) is 47.0 Å². The molecule has 4 nitrogen and oxygen atoms in total. The maximum Gasteiger partial charge on any atom is 0.218 e. The van der Waals surface area contributed by atoms with Crippen molar-refractivity contribution in [2.45, 2.75) is 64.9 Å². The number of aromatic nitrogens is 2. The maximum atomic E-state index is 6.03. The number of nitrogens with zero attached hydrogens (tertiary/aromatic N) is 2. The molecule has 1 saturated carbocycles. The average Bonchev–Trinajstić information content (AvgIpc) is 2.46. The molecule has 1 aromatic rings. The summed E-state index contributed by atoms with van der Waals surface area (Å²) in [6.45, 7) is 5.15. The fraction of sp³-hybridized carbons (Fsp3) is 0.733. The second-order valence-electron chi connectivity index (χ2n) is 5.17. The summed E-state index contributed by atoms with van der Waals surface area (Å²) in [6, 6.07) is 1.93. The van der Waals surface area contributed by atoms with E-state index >= 15 is 0 Å². The molecule has 4 heteroatoms. The van der Waals surface area contributed by atoms with Crippen molar-refractivity contribution in [3.05, 3.63) is 11.9 Å². The Morgan fingerprint density at radius 1 is 1.21 bits per heavy atom. The predicted octanol–water partition coefficient (Wildman–Crippen LogP) is 3.57. The molecule has 0 atom stereocenters. The van der Waals surface area contributed by atoms with Crippen LogP contribution >= 0.6 is 0 Å². The zero-order valence-corrected chi connectivity index (χ0v) is 12.1. The van der Waals surface area contributed by atoms with Crippen LogP contribution in [0.3, 0.4) is 0 Å². The molecule has 0 bridgehead atoms. The van der Waals surface area contributed by atoms with Gasteiger partial charge in [-0.25, -0.2) is 4.98 Å². The van der Waals surface area contributed by atoms with E-state index in [2.05, 4.69) is 29.1 Å². The van der Waals surface area contributed by atoms with Crippen LogP contribution in [0.5, 0.6) is 5.88 Å². The van der Waals surface area contributed by atoms with E-state index in [1.54, 1.807) is 0 Å². The van der Waals surface area contributed by atoms with Crippen molar-refractivity contribution in [1.82, 2.24) is 9.97 Å². The minimum absolute atomic E-state index is 0.340. The summed E-state index contributed by atoms with van der Waals surface area (Å²) in [6.07, 6.45) is 8.47. The molecule has 19 heavy (non-hydrogen) atoms. The van der Waals surface area contributed by atoms with E-state index in [0.717, 1.165) is 49.8 Å². The number of aryl methyl sites for hydroxylation is 1. The van der Waals surface area contributed by atoms with E-state index in [1.807, 2.05) is 6.07 Å². The van der Waals surface area contributed by atoms with Gasteiger partial charge in [0, 0.05) is 19.0 Å². The molecule has 0 unspecified atom stereocenters. The first-order valence-electron chi connectivity index (χ1n) is 7.60. The summed E-state index contributed by atoms with van der Waals surface area (Å²) >= 11 is 0. The lowest BCUT2D eigenvalue weighted by Crippen LogP contribution is -2.20. The van der Waals surface area contributed by atoms with Gasteiger partial charge in [0.05, 0.1) is 0 Å². The number of nitrogens with one attached hydrogen (secondary N) is 1. The standard InChI is InChI=1S/C15H25N3O/c1-3-10-16-14-11-15(18-13(4-2)17-14)19-12-8-6-5-7-9-12/h11-12H,3-10H2,1-2H3,(H,16,17,18). The van der Waals surface area contributed by atoms with Gasteiger partial charge in [-0.3, -0.25) is 0 Å². The molecule has 0 spiro atoms. The highest BCUT2D eigenvalue weighted by molar-refractivity contribution is 5.38. The molecule has 0 saturated heterocycles. The van der Waals surface area contributed by atoms with Crippen LogP contribution in [0.4, 0.5) is 5.82 Å². The molecule has 1 aromatic heterocycles. The van der Waals surface area contributed by atoms with Crippen LogP contribution in [0.25, 0.3) is 0 Å². The van der Waals surface area contributed by atoms with Crippen LogP contribution in [-0.2, 0) is 6.42 Å². The Kier molecular flexibility index (Phi) is 5.43. The summed E-state index contributed by atoms with van der Waals surface area (Å²) in [5.74, 6) is 2.48. The van der Waals surface area contributed by atoms with Gasteiger partial charge in [0.2, 0.25) is 5.88 Å². The fourth-order valence-electron chi connectivity index (χ4n) is 2.39. The smallest absolute Gasteiger partial charge is 0.218 e. The van der Waals surface area contributed by atoms with Crippen LogP contribution in [0.2, 0.25) is 0 Å². The molecule has 0 aromatic carbocycles. The first-order valence-corrected chi connectivity index (χ1v) is 7.60. The van der Waals surface area contributed by atoms with Crippen molar-refractivity contribution in [3.63, 3.8) is 0 Å². The third-order valence-electron chi connectivity index (χ3n) is 3.46. The van der Waals surface area contributed by atoms with E-state index in [-0.39, 0.29) is 0 Å². The Morgan fingerprint density at radius 3 is 2.68 bits per heavy atom. The minimum atomic E-state index is 0.340. The summed E-state index contributed by atoms with van der Waals surface area (Å²) in [7, 11) is 0. The van der Waals surface area contributed by atoms with E-state index in [9.17, 15) is 0 Å². The second kappa shape index (κ2) is 7.31. The Hall–Kier alpha value is -1.32. The molecule has 1 N–H and O–H groups in total. The largest absolute Gasteiger partial charge is 0.474 e. The zero-order chi connectivity index (χ0) is 13.5. The van der Waals surface area contributed by atoms with Crippen LogP contribution < -0.4 is 10.1 Å². The van der Waals surface area contributed by atoms with Gasteiger partial charge < -0.3 is 10.1 Å². The van der Waals surface area contributed by atoms with Gasteiger partial charge in [0.25, 0.3) is 0 Å². The lowest BCUT2D eigenvalue weighted by Gasteiger charge is -2.22.